The van der Waals surface area contributed by atoms with Gasteiger partial charge in [0.2, 0.25) is 10.0 Å². The quantitative estimate of drug-likeness (QED) is 0.877. The smallest absolute Gasteiger partial charge is 0.229 e. The Hall–Kier alpha value is -2.08. The first-order valence-electron chi connectivity index (χ1n) is 5.74. The molecule has 1 heterocycles. The van der Waals surface area contributed by atoms with Crippen LogP contribution >= 0.6 is 0 Å². The first kappa shape index (κ1) is 13.4. The van der Waals surface area contributed by atoms with Crippen LogP contribution < -0.4 is 10.0 Å². The molecule has 6 heteroatoms. The number of anilines is 2. The first-order valence-corrected chi connectivity index (χ1v) is 7.64. The molecule has 0 amide bonds. The standard InChI is InChI=1S/C13H15N3O2S/c1-19(17,18)16-12-7-5-11(6-8-12)15-10-13-4-2-3-9-14-13/h2-9,15-16H,10H2,1H3. The van der Waals surface area contributed by atoms with Crippen molar-refractivity contribution in [1.82, 2.24) is 4.98 Å². The van der Waals surface area contributed by atoms with E-state index in [4.69, 9.17) is 0 Å². The molecular formula is C13H15N3O2S. The molecule has 19 heavy (non-hydrogen) atoms. The second-order valence-corrected chi connectivity index (χ2v) is 5.87. The Balaban J connectivity index is 1.96. The van der Waals surface area contributed by atoms with Crippen LogP contribution in [0.2, 0.25) is 0 Å². The molecule has 1 aromatic heterocycles. The molecule has 0 atom stereocenters. The predicted octanol–water partition coefficient (Wildman–Crippen LogP) is 2.07. The summed E-state index contributed by atoms with van der Waals surface area (Å²) in [6.45, 7) is 0.625. The van der Waals surface area contributed by atoms with Crippen molar-refractivity contribution < 1.29 is 8.42 Å². The fraction of sp³-hybridized carbons (Fsp3) is 0.154. The molecule has 0 aliphatic carbocycles. The number of sulfonamides is 1. The Labute approximate surface area is 112 Å². The molecule has 1 aromatic carbocycles. The third-order valence-electron chi connectivity index (χ3n) is 2.39. The summed E-state index contributed by atoms with van der Waals surface area (Å²) in [5, 5.41) is 3.21. The lowest BCUT2D eigenvalue weighted by Gasteiger charge is -2.08. The maximum atomic E-state index is 11.1. The van der Waals surface area contributed by atoms with Gasteiger partial charge in [-0.3, -0.25) is 9.71 Å². The van der Waals surface area contributed by atoms with Gasteiger partial charge in [0.25, 0.3) is 0 Å². The lowest BCUT2D eigenvalue weighted by Crippen LogP contribution is -2.09. The zero-order chi connectivity index (χ0) is 13.7. The van der Waals surface area contributed by atoms with Crippen LogP contribution in [0.4, 0.5) is 11.4 Å². The third-order valence-corrected chi connectivity index (χ3v) is 2.99. The van der Waals surface area contributed by atoms with Gasteiger partial charge in [-0.05, 0) is 36.4 Å². The summed E-state index contributed by atoms with van der Waals surface area (Å²) >= 11 is 0. The average molecular weight is 277 g/mol. The van der Waals surface area contributed by atoms with E-state index in [9.17, 15) is 8.42 Å². The number of benzene rings is 1. The van der Waals surface area contributed by atoms with Crippen molar-refractivity contribution in [2.24, 2.45) is 0 Å². The monoisotopic (exact) mass is 277 g/mol. The highest BCUT2D eigenvalue weighted by atomic mass is 32.2. The van der Waals surface area contributed by atoms with E-state index < -0.39 is 10.0 Å². The van der Waals surface area contributed by atoms with Crippen LogP contribution in [0.25, 0.3) is 0 Å². The summed E-state index contributed by atoms with van der Waals surface area (Å²) in [4.78, 5) is 4.21. The molecule has 0 saturated carbocycles. The van der Waals surface area contributed by atoms with Crippen LogP contribution in [0.5, 0.6) is 0 Å². The van der Waals surface area contributed by atoms with Gasteiger partial charge in [-0.2, -0.15) is 0 Å². The molecule has 5 nitrogen and oxygen atoms in total. The van der Waals surface area contributed by atoms with E-state index in [1.54, 1.807) is 18.3 Å². The number of aromatic nitrogens is 1. The van der Waals surface area contributed by atoms with Crippen molar-refractivity contribution in [3.63, 3.8) is 0 Å². The molecule has 0 unspecified atom stereocenters. The molecule has 0 aliphatic rings. The van der Waals surface area contributed by atoms with Gasteiger partial charge in [-0.1, -0.05) is 6.07 Å². The van der Waals surface area contributed by atoms with Gasteiger partial charge in [-0.25, -0.2) is 8.42 Å². The summed E-state index contributed by atoms with van der Waals surface area (Å²) in [7, 11) is -3.23. The molecule has 2 N–H and O–H groups in total. The van der Waals surface area contributed by atoms with E-state index in [1.807, 2.05) is 30.3 Å². The van der Waals surface area contributed by atoms with Gasteiger partial charge >= 0.3 is 0 Å². The van der Waals surface area contributed by atoms with Crippen molar-refractivity contribution in [2.75, 3.05) is 16.3 Å². The van der Waals surface area contributed by atoms with E-state index in [2.05, 4.69) is 15.0 Å². The van der Waals surface area contributed by atoms with Gasteiger partial charge in [0.1, 0.15) is 0 Å². The summed E-state index contributed by atoms with van der Waals surface area (Å²) in [5.74, 6) is 0. The maximum absolute atomic E-state index is 11.1. The van der Waals surface area contributed by atoms with Crippen LogP contribution in [0, 0.1) is 0 Å². The molecule has 0 aliphatic heterocycles. The minimum Gasteiger partial charge on any atom is -0.379 e. The van der Waals surface area contributed by atoms with E-state index in [1.165, 1.54) is 0 Å². The fourth-order valence-corrected chi connectivity index (χ4v) is 2.13. The normalized spacial score (nSPS) is 11.0. The molecule has 0 saturated heterocycles. The van der Waals surface area contributed by atoms with Crippen LogP contribution in [-0.2, 0) is 16.6 Å². The van der Waals surface area contributed by atoms with Crippen molar-refractivity contribution >= 4 is 21.4 Å². The molecule has 2 aromatic rings. The molecular weight excluding hydrogens is 262 g/mol. The zero-order valence-electron chi connectivity index (χ0n) is 10.5. The lowest BCUT2D eigenvalue weighted by molar-refractivity contribution is 0.607. The van der Waals surface area contributed by atoms with Gasteiger partial charge in [0.05, 0.1) is 18.5 Å². The van der Waals surface area contributed by atoms with Crippen molar-refractivity contribution in [2.45, 2.75) is 6.54 Å². The number of rotatable bonds is 5. The second-order valence-electron chi connectivity index (χ2n) is 4.13. The second kappa shape index (κ2) is 5.71. The fourth-order valence-electron chi connectivity index (χ4n) is 1.57. The van der Waals surface area contributed by atoms with E-state index in [0.29, 0.717) is 12.2 Å². The number of nitrogens with one attached hydrogen (secondary N) is 2. The number of hydrogen-bond donors (Lipinski definition) is 2. The highest BCUT2D eigenvalue weighted by molar-refractivity contribution is 7.92. The first-order chi connectivity index (χ1) is 9.03. The Morgan fingerprint density at radius 1 is 1.05 bits per heavy atom. The van der Waals surface area contributed by atoms with Gasteiger partial charge in [-0.15, -0.1) is 0 Å². The van der Waals surface area contributed by atoms with Crippen LogP contribution in [0.3, 0.4) is 0 Å². The summed E-state index contributed by atoms with van der Waals surface area (Å²) in [5.41, 5.74) is 2.40. The molecule has 0 spiro atoms. The largest absolute Gasteiger partial charge is 0.379 e. The molecule has 2 rings (SSSR count). The number of nitrogens with zero attached hydrogens (tertiary/aromatic N) is 1. The average Bonchev–Trinajstić information content (AvgIpc) is 2.37. The van der Waals surface area contributed by atoms with E-state index in [-0.39, 0.29) is 0 Å². The van der Waals surface area contributed by atoms with E-state index >= 15 is 0 Å². The number of hydrogen-bond acceptors (Lipinski definition) is 4. The van der Waals surface area contributed by atoms with Crippen LogP contribution in [0.1, 0.15) is 5.69 Å². The topological polar surface area (TPSA) is 71.1 Å². The molecule has 0 radical (unpaired) electrons. The Morgan fingerprint density at radius 2 is 1.74 bits per heavy atom. The van der Waals surface area contributed by atoms with Crippen molar-refractivity contribution in [1.29, 1.82) is 0 Å². The predicted molar refractivity (Wildman–Crippen MR) is 76.5 cm³/mol. The minimum atomic E-state index is -3.23. The summed E-state index contributed by atoms with van der Waals surface area (Å²) < 4.78 is 24.5. The Kier molecular flexibility index (Phi) is 4.01. The highest BCUT2D eigenvalue weighted by Crippen LogP contribution is 2.15. The van der Waals surface area contributed by atoms with Crippen LogP contribution in [-0.4, -0.2) is 19.7 Å². The van der Waals surface area contributed by atoms with Gasteiger partial charge < -0.3 is 5.32 Å². The summed E-state index contributed by atoms with van der Waals surface area (Å²) in [6.07, 6.45) is 2.87. The minimum absolute atomic E-state index is 0.547. The Bertz CT molecular complexity index is 625. The van der Waals surface area contributed by atoms with Crippen LogP contribution in [0.15, 0.2) is 48.7 Å². The highest BCUT2D eigenvalue weighted by Gasteiger charge is 2.01. The third kappa shape index (κ3) is 4.59. The lowest BCUT2D eigenvalue weighted by atomic mass is 10.3. The molecule has 0 bridgehead atoms. The van der Waals surface area contributed by atoms with E-state index in [0.717, 1.165) is 17.6 Å². The SMILES string of the molecule is CS(=O)(=O)Nc1ccc(NCc2ccccn2)cc1. The number of pyridine rings is 1. The summed E-state index contributed by atoms with van der Waals surface area (Å²) in [6, 6.07) is 12.8. The van der Waals surface area contributed by atoms with Gasteiger partial charge in [0.15, 0.2) is 0 Å². The van der Waals surface area contributed by atoms with Crippen molar-refractivity contribution in [3.05, 3.63) is 54.4 Å². The molecule has 0 fully saturated rings. The maximum Gasteiger partial charge on any atom is 0.229 e. The Morgan fingerprint density at radius 3 is 2.32 bits per heavy atom. The van der Waals surface area contributed by atoms with Gasteiger partial charge in [0, 0.05) is 17.6 Å². The zero-order valence-corrected chi connectivity index (χ0v) is 11.3. The van der Waals surface area contributed by atoms with Crippen molar-refractivity contribution in [3.8, 4) is 0 Å². The molecule has 100 valence electrons.